The minimum atomic E-state index is -3.40. The molecule has 1 amide bonds. The number of ether oxygens (including phenoxy) is 1. The van der Waals surface area contributed by atoms with Crippen molar-refractivity contribution in [2.45, 2.75) is 0 Å². The summed E-state index contributed by atoms with van der Waals surface area (Å²) >= 11 is 0. The van der Waals surface area contributed by atoms with E-state index in [1.54, 1.807) is 0 Å². The molecule has 2 aromatic carbocycles. The van der Waals surface area contributed by atoms with Gasteiger partial charge in [-0.25, -0.2) is 21.6 Å². The molecule has 0 heterocycles. The molecule has 1 N–H and O–H groups in total. The van der Waals surface area contributed by atoms with E-state index < -0.39 is 45.7 Å². The molecule has 10 heteroatoms. The first-order chi connectivity index (χ1) is 12.1. The predicted molar refractivity (Wildman–Crippen MR) is 90.1 cm³/mol. The number of nitrogens with zero attached hydrogens (tertiary/aromatic N) is 1. The first-order valence-electron chi connectivity index (χ1n) is 7.19. The van der Waals surface area contributed by atoms with E-state index in [2.05, 4.69) is 5.32 Å². The van der Waals surface area contributed by atoms with Crippen molar-refractivity contribution in [2.75, 3.05) is 29.5 Å². The van der Waals surface area contributed by atoms with Gasteiger partial charge in [0, 0.05) is 7.05 Å². The molecule has 0 saturated heterocycles. The number of nitrogens with one attached hydrogen (secondary N) is 1. The van der Waals surface area contributed by atoms with Crippen molar-refractivity contribution in [3.63, 3.8) is 0 Å². The van der Waals surface area contributed by atoms with Crippen LogP contribution in [0.15, 0.2) is 36.4 Å². The fourth-order valence-corrected chi connectivity index (χ4v) is 2.41. The van der Waals surface area contributed by atoms with Crippen LogP contribution in [0.25, 0.3) is 0 Å². The molecule has 0 fully saturated rings. The van der Waals surface area contributed by atoms with Gasteiger partial charge in [0.2, 0.25) is 10.0 Å². The monoisotopic (exact) mass is 388 g/mol. The summed E-state index contributed by atoms with van der Waals surface area (Å²) in [4.78, 5) is 11.7. The molecule has 0 radical (unpaired) electrons. The Bertz CT molecular complexity index is 918. The van der Waals surface area contributed by atoms with Gasteiger partial charge in [0.25, 0.3) is 5.91 Å². The minimum Gasteiger partial charge on any atom is -0.484 e. The Balaban J connectivity index is 1.97. The maximum Gasteiger partial charge on any atom is 0.262 e. The highest BCUT2D eigenvalue weighted by Gasteiger charge is 2.16. The van der Waals surface area contributed by atoms with Crippen LogP contribution >= 0.6 is 0 Å². The minimum absolute atomic E-state index is 0.261. The number of benzene rings is 2. The number of hydrogen-bond donors (Lipinski definition) is 1. The van der Waals surface area contributed by atoms with Gasteiger partial charge in [-0.3, -0.25) is 9.10 Å². The molecule has 2 aromatic rings. The van der Waals surface area contributed by atoms with Crippen LogP contribution in [0.2, 0.25) is 0 Å². The fraction of sp³-hybridized carbons (Fsp3) is 0.188. The highest BCUT2D eigenvalue weighted by Crippen LogP contribution is 2.21. The smallest absolute Gasteiger partial charge is 0.262 e. The Morgan fingerprint density at radius 3 is 2.27 bits per heavy atom. The standard InChI is InChI=1S/C16H15F3N2O4S/c1-21(26(2,23)24)10-3-5-11(6-4-10)25-9-14(22)20-13-8-7-12(17)15(18)16(13)19/h3-8H,9H2,1-2H3,(H,20,22). The molecular weight excluding hydrogens is 373 g/mol. The summed E-state index contributed by atoms with van der Waals surface area (Å²) in [5, 5.41) is 2.06. The average molecular weight is 388 g/mol. The molecule has 0 saturated carbocycles. The van der Waals surface area contributed by atoms with Gasteiger partial charge in [0.05, 0.1) is 17.6 Å². The number of amides is 1. The maximum absolute atomic E-state index is 13.5. The Morgan fingerprint density at radius 1 is 1.08 bits per heavy atom. The van der Waals surface area contributed by atoms with Crippen molar-refractivity contribution < 1.29 is 31.1 Å². The lowest BCUT2D eigenvalue weighted by molar-refractivity contribution is -0.118. The van der Waals surface area contributed by atoms with Crippen LogP contribution < -0.4 is 14.4 Å². The summed E-state index contributed by atoms with van der Waals surface area (Å²) in [6.45, 7) is -0.514. The normalized spacial score (nSPS) is 11.1. The van der Waals surface area contributed by atoms with Gasteiger partial charge in [-0.1, -0.05) is 0 Å². The Labute approximate surface area is 148 Å². The van der Waals surface area contributed by atoms with Crippen LogP contribution in [0, 0.1) is 17.5 Å². The van der Waals surface area contributed by atoms with Crippen LogP contribution in [0.3, 0.4) is 0 Å². The highest BCUT2D eigenvalue weighted by molar-refractivity contribution is 7.92. The summed E-state index contributed by atoms with van der Waals surface area (Å²) in [7, 11) is -2.02. The van der Waals surface area contributed by atoms with Gasteiger partial charge in [-0.2, -0.15) is 0 Å². The third-order valence-electron chi connectivity index (χ3n) is 3.38. The van der Waals surface area contributed by atoms with Gasteiger partial charge in [-0.05, 0) is 36.4 Å². The molecule has 0 aliphatic carbocycles. The average Bonchev–Trinajstić information content (AvgIpc) is 2.59. The zero-order valence-electron chi connectivity index (χ0n) is 13.8. The topological polar surface area (TPSA) is 75.7 Å². The second-order valence-electron chi connectivity index (χ2n) is 5.28. The summed E-state index contributed by atoms with van der Waals surface area (Å²) in [5.41, 5.74) is -0.115. The number of carbonyl (C=O) groups is 1. The van der Waals surface area contributed by atoms with Crippen molar-refractivity contribution in [1.82, 2.24) is 0 Å². The number of hydrogen-bond acceptors (Lipinski definition) is 4. The van der Waals surface area contributed by atoms with Gasteiger partial charge < -0.3 is 10.1 Å². The third-order valence-corrected chi connectivity index (χ3v) is 4.58. The fourth-order valence-electron chi connectivity index (χ4n) is 1.90. The van der Waals surface area contributed by atoms with Crippen LogP contribution in [-0.4, -0.2) is 34.2 Å². The van der Waals surface area contributed by atoms with E-state index in [0.29, 0.717) is 11.8 Å². The molecule has 6 nitrogen and oxygen atoms in total. The Morgan fingerprint density at radius 2 is 1.69 bits per heavy atom. The second kappa shape index (κ2) is 7.65. The van der Waals surface area contributed by atoms with Crippen molar-refractivity contribution in [2.24, 2.45) is 0 Å². The van der Waals surface area contributed by atoms with Crippen molar-refractivity contribution in [3.8, 4) is 5.75 Å². The summed E-state index contributed by atoms with van der Waals surface area (Å²) in [6.07, 6.45) is 1.05. The zero-order chi connectivity index (χ0) is 19.5. The molecule has 0 atom stereocenters. The SMILES string of the molecule is CN(c1ccc(OCC(=O)Nc2ccc(F)c(F)c2F)cc1)S(C)(=O)=O. The molecule has 140 valence electrons. The number of carbonyl (C=O) groups excluding carboxylic acids is 1. The van der Waals surface area contributed by atoms with Crippen LogP contribution in [0.4, 0.5) is 24.5 Å². The third kappa shape index (κ3) is 4.66. The van der Waals surface area contributed by atoms with E-state index in [9.17, 15) is 26.4 Å². The lowest BCUT2D eigenvalue weighted by Gasteiger charge is -2.16. The van der Waals surface area contributed by atoms with E-state index in [-0.39, 0.29) is 5.75 Å². The number of sulfonamides is 1. The predicted octanol–water partition coefficient (Wildman–Crippen LogP) is 2.52. The second-order valence-corrected chi connectivity index (χ2v) is 7.30. The van der Waals surface area contributed by atoms with Gasteiger partial charge in [-0.15, -0.1) is 0 Å². The molecule has 26 heavy (non-hydrogen) atoms. The Hall–Kier alpha value is -2.75. The quantitative estimate of drug-likeness (QED) is 0.772. The van der Waals surface area contributed by atoms with Crippen LogP contribution in [0.1, 0.15) is 0 Å². The van der Waals surface area contributed by atoms with E-state index >= 15 is 0 Å². The first-order valence-corrected chi connectivity index (χ1v) is 9.04. The van der Waals surface area contributed by atoms with Crippen molar-refractivity contribution >= 4 is 27.3 Å². The van der Waals surface area contributed by atoms with E-state index in [1.807, 2.05) is 0 Å². The zero-order valence-corrected chi connectivity index (χ0v) is 14.6. The van der Waals surface area contributed by atoms with Gasteiger partial charge in [0.15, 0.2) is 24.1 Å². The summed E-state index contributed by atoms with van der Waals surface area (Å²) in [5.74, 6) is -5.08. The molecule has 2 rings (SSSR count). The molecule has 0 aliphatic rings. The van der Waals surface area contributed by atoms with E-state index in [0.717, 1.165) is 16.6 Å². The molecule has 0 aromatic heterocycles. The summed E-state index contributed by atoms with van der Waals surface area (Å²) in [6, 6.07) is 7.42. The molecule has 0 unspecified atom stereocenters. The van der Waals surface area contributed by atoms with E-state index in [4.69, 9.17) is 4.74 Å². The first kappa shape index (κ1) is 19.6. The molecule has 0 bridgehead atoms. The van der Waals surface area contributed by atoms with Crippen molar-refractivity contribution in [3.05, 3.63) is 53.8 Å². The largest absolute Gasteiger partial charge is 0.484 e. The number of halogens is 3. The lowest BCUT2D eigenvalue weighted by Crippen LogP contribution is -2.24. The van der Waals surface area contributed by atoms with Gasteiger partial charge in [0.1, 0.15) is 5.75 Å². The van der Waals surface area contributed by atoms with Crippen LogP contribution in [0.5, 0.6) is 5.75 Å². The molecular formula is C16H15F3N2O4S. The highest BCUT2D eigenvalue weighted by atomic mass is 32.2. The van der Waals surface area contributed by atoms with E-state index in [1.165, 1.54) is 31.3 Å². The Kier molecular flexibility index (Phi) is 5.76. The maximum atomic E-state index is 13.5. The summed E-state index contributed by atoms with van der Waals surface area (Å²) < 4.78 is 68.5. The molecule has 0 aliphatic heterocycles. The molecule has 0 spiro atoms. The van der Waals surface area contributed by atoms with Gasteiger partial charge >= 0.3 is 0 Å². The lowest BCUT2D eigenvalue weighted by atomic mass is 10.3. The van der Waals surface area contributed by atoms with Crippen LogP contribution in [-0.2, 0) is 14.8 Å². The van der Waals surface area contributed by atoms with Crippen molar-refractivity contribution in [1.29, 1.82) is 0 Å². The number of rotatable bonds is 6. The number of anilines is 2.